The van der Waals surface area contributed by atoms with E-state index in [1.54, 1.807) is 55.5 Å². The van der Waals surface area contributed by atoms with Gasteiger partial charge in [-0.05, 0) is 55.0 Å². The minimum absolute atomic E-state index is 0.0271. The van der Waals surface area contributed by atoms with E-state index < -0.39 is 23.7 Å². The van der Waals surface area contributed by atoms with Crippen LogP contribution in [-0.4, -0.2) is 35.1 Å². The van der Waals surface area contributed by atoms with Crippen LogP contribution in [0.4, 0.5) is 15.9 Å². The number of phenols is 1. The molecule has 0 saturated carbocycles. The summed E-state index contributed by atoms with van der Waals surface area (Å²) in [5.74, 6) is -1.77. The topological polar surface area (TPSA) is 150 Å². The lowest BCUT2D eigenvalue weighted by molar-refractivity contribution is -0.117. The summed E-state index contributed by atoms with van der Waals surface area (Å²) in [6, 6.07) is 19.6. The summed E-state index contributed by atoms with van der Waals surface area (Å²) in [6.45, 7) is 1.55. The number of amides is 2. The second kappa shape index (κ2) is 11.4. The number of ether oxygens (including phenoxy) is 1. The molecule has 0 radical (unpaired) electrons. The third-order valence-electron chi connectivity index (χ3n) is 5.81. The molecule has 39 heavy (non-hydrogen) atoms. The highest BCUT2D eigenvalue weighted by Crippen LogP contribution is 2.36. The number of hydrogen-bond donors (Lipinski definition) is 4. The van der Waals surface area contributed by atoms with E-state index in [0.717, 1.165) is 12.1 Å². The Bertz CT molecular complexity index is 1610. The summed E-state index contributed by atoms with van der Waals surface area (Å²) in [5, 5.41) is 25.9. The van der Waals surface area contributed by atoms with Crippen LogP contribution < -0.4 is 21.1 Å². The summed E-state index contributed by atoms with van der Waals surface area (Å²) >= 11 is 0. The number of pyridine rings is 1. The van der Waals surface area contributed by atoms with Crippen molar-refractivity contribution >= 4 is 23.3 Å². The van der Waals surface area contributed by atoms with Crippen molar-refractivity contribution in [1.29, 1.82) is 5.26 Å². The van der Waals surface area contributed by atoms with Gasteiger partial charge in [0, 0.05) is 22.9 Å². The number of carbonyl (C=O) groups excluding carboxylic acids is 2. The molecule has 4 aromatic rings. The zero-order valence-corrected chi connectivity index (χ0v) is 21.0. The lowest BCUT2D eigenvalue weighted by Crippen LogP contribution is -2.32. The first-order chi connectivity index (χ1) is 18.7. The maximum atomic E-state index is 13.7. The maximum Gasteiger partial charge on any atom is 0.260 e. The quantitative estimate of drug-likeness (QED) is 0.274. The number of methoxy groups -OCH3 is 1. The molecular weight excluding hydrogens is 501 g/mol. The van der Waals surface area contributed by atoms with Crippen LogP contribution in [-0.2, 0) is 4.79 Å². The van der Waals surface area contributed by atoms with E-state index in [9.17, 15) is 24.3 Å². The monoisotopic (exact) mass is 525 g/mol. The van der Waals surface area contributed by atoms with Gasteiger partial charge in [-0.3, -0.25) is 9.59 Å². The third-order valence-corrected chi connectivity index (χ3v) is 5.81. The van der Waals surface area contributed by atoms with E-state index in [2.05, 4.69) is 21.7 Å². The minimum atomic E-state index is -0.742. The van der Waals surface area contributed by atoms with Gasteiger partial charge in [-0.1, -0.05) is 24.3 Å². The molecule has 1 unspecified atom stereocenters. The molecule has 1 aromatic heterocycles. The molecule has 0 aliphatic carbocycles. The van der Waals surface area contributed by atoms with E-state index in [0.29, 0.717) is 22.6 Å². The van der Waals surface area contributed by atoms with E-state index in [1.807, 2.05) is 0 Å². The average molecular weight is 526 g/mol. The number of aromatic nitrogens is 1. The van der Waals surface area contributed by atoms with Crippen molar-refractivity contribution in [3.8, 4) is 40.0 Å². The number of nitrogens with two attached hydrogens (primary N) is 1. The van der Waals surface area contributed by atoms with Crippen LogP contribution in [0, 0.1) is 17.1 Å². The fraction of sp³-hybridized carbons (Fsp3) is 0.103. The van der Waals surface area contributed by atoms with Gasteiger partial charge in [0.15, 0.2) is 5.82 Å². The smallest absolute Gasteiger partial charge is 0.260 e. The van der Waals surface area contributed by atoms with Gasteiger partial charge < -0.3 is 26.2 Å². The van der Waals surface area contributed by atoms with Crippen LogP contribution >= 0.6 is 0 Å². The Labute approximate surface area is 223 Å². The number of hydrogen-bond acceptors (Lipinski definition) is 7. The highest BCUT2D eigenvalue weighted by Gasteiger charge is 2.21. The molecule has 5 N–H and O–H groups in total. The maximum absolute atomic E-state index is 13.7. The predicted molar refractivity (Wildman–Crippen MR) is 145 cm³/mol. The largest absolute Gasteiger partial charge is 0.507 e. The van der Waals surface area contributed by atoms with Gasteiger partial charge in [0.1, 0.15) is 28.9 Å². The van der Waals surface area contributed by atoms with Gasteiger partial charge in [0.05, 0.1) is 24.4 Å². The average Bonchev–Trinajstić information content (AvgIpc) is 2.92. The highest BCUT2D eigenvalue weighted by atomic mass is 19.1. The van der Waals surface area contributed by atoms with Crippen molar-refractivity contribution in [3.63, 3.8) is 0 Å². The number of benzene rings is 3. The molecule has 0 fully saturated rings. The predicted octanol–water partition coefficient (Wildman–Crippen LogP) is 4.68. The standard InChI is InChI=1S/C29H24FN5O4/c1-16(32)28(37)33-19-7-5-6-17(12-19)22-14-24(20-11-10-18(30)13-25(20)36)34-27(23(22)15-31)35-29(38)21-8-3-4-9-26(21)39-2/h3-14,16,36H,32H2,1-2H3,(H,33,37)(H,34,35,38). The minimum Gasteiger partial charge on any atom is -0.507 e. The second-order valence-corrected chi connectivity index (χ2v) is 8.57. The fourth-order valence-corrected chi connectivity index (χ4v) is 3.86. The Morgan fingerprint density at radius 1 is 1.05 bits per heavy atom. The Kier molecular flexibility index (Phi) is 7.84. The van der Waals surface area contributed by atoms with Gasteiger partial charge in [-0.2, -0.15) is 5.26 Å². The Morgan fingerprint density at radius 2 is 1.82 bits per heavy atom. The number of nitrogens with zero attached hydrogens (tertiary/aromatic N) is 2. The Balaban J connectivity index is 1.89. The van der Waals surface area contributed by atoms with Gasteiger partial charge in [0.2, 0.25) is 5.91 Å². The Morgan fingerprint density at radius 3 is 2.51 bits per heavy atom. The van der Waals surface area contributed by atoms with Crippen molar-refractivity contribution in [2.24, 2.45) is 5.73 Å². The zero-order valence-electron chi connectivity index (χ0n) is 21.0. The molecule has 3 aromatic carbocycles. The molecule has 1 atom stereocenters. The van der Waals surface area contributed by atoms with Gasteiger partial charge in [0.25, 0.3) is 5.91 Å². The van der Waals surface area contributed by atoms with Crippen LogP contribution in [0.1, 0.15) is 22.8 Å². The normalized spacial score (nSPS) is 11.3. The number of halogens is 1. The number of para-hydroxylation sites is 1. The summed E-state index contributed by atoms with van der Waals surface area (Å²) in [7, 11) is 1.43. The van der Waals surface area contributed by atoms with Crippen LogP contribution in [0.3, 0.4) is 0 Å². The van der Waals surface area contributed by atoms with Crippen LogP contribution in [0.2, 0.25) is 0 Å². The number of aromatic hydroxyl groups is 1. The molecule has 0 bridgehead atoms. The Hall–Kier alpha value is -5.27. The molecule has 4 rings (SSSR count). The fourth-order valence-electron chi connectivity index (χ4n) is 3.86. The first kappa shape index (κ1) is 26.8. The number of anilines is 2. The molecular formula is C29H24FN5O4. The van der Waals surface area contributed by atoms with Crippen molar-refractivity contribution in [2.45, 2.75) is 13.0 Å². The number of phenolic OH excluding ortho intramolecular Hbond substituents is 1. The lowest BCUT2D eigenvalue weighted by Gasteiger charge is -2.16. The van der Waals surface area contributed by atoms with Crippen molar-refractivity contribution in [2.75, 3.05) is 17.7 Å². The molecule has 0 aliphatic rings. The summed E-state index contributed by atoms with van der Waals surface area (Å²) < 4.78 is 19.0. The second-order valence-electron chi connectivity index (χ2n) is 8.57. The summed E-state index contributed by atoms with van der Waals surface area (Å²) in [5.41, 5.74) is 7.53. The molecule has 9 nitrogen and oxygen atoms in total. The summed E-state index contributed by atoms with van der Waals surface area (Å²) in [4.78, 5) is 29.8. The number of rotatable bonds is 7. The molecule has 10 heteroatoms. The first-order valence-electron chi connectivity index (χ1n) is 11.8. The van der Waals surface area contributed by atoms with Gasteiger partial charge >= 0.3 is 0 Å². The van der Waals surface area contributed by atoms with E-state index in [1.165, 1.54) is 19.2 Å². The molecule has 1 heterocycles. The van der Waals surface area contributed by atoms with Crippen LogP contribution in [0.15, 0.2) is 72.8 Å². The number of nitriles is 1. The lowest BCUT2D eigenvalue weighted by atomic mass is 9.97. The van der Waals surface area contributed by atoms with E-state index in [-0.39, 0.29) is 34.0 Å². The number of nitrogens with one attached hydrogen (secondary N) is 2. The molecule has 196 valence electrons. The molecule has 0 aliphatic heterocycles. The molecule has 2 amide bonds. The molecule has 0 spiro atoms. The third kappa shape index (κ3) is 5.84. The summed E-state index contributed by atoms with van der Waals surface area (Å²) in [6.07, 6.45) is 0. The van der Waals surface area contributed by atoms with E-state index >= 15 is 0 Å². The SMILES string of the molecule is COc1ccccc1C(=O)Nc1nc(-c2ccc(F)cc2O)cc(-c2cccc(NC(=O)C(C)N)c2)c1C#N. The van der Waals surface area contributed by atoms with Crippen molar-refractivity contribution in [3.05, 3.63) is 89.7 Å². The molecule has 0 saturated heterocycles. The number of carbonyl (C=O) groups is 2. The van der Waals surface area contributed by atoms with Crippen LogP contribution in [0.5, 0.6) is 11.5 Å². The van der Waals surface area contributed by atoms with Crippen LogP contribution in [0.25, 0.3) is 22.4 Å². The zero-order chi connectivity index (χ0) is 28.1. The first-order valence-corrected chi connectivity index (χ1v) is 11.8. The van der Waals surface area contributed by atoms with Crippen molar-refractivity contribution in [1.82, 2.24) is 4.98 Å². The highest BCUT2D eigenvalue weighted by molar-refractivity contribution is 6.07. The van der Waals surface area contributed by atoms with Crippen molar-refractivity contribution < 1.29 is 23.8 Å². The van der Waals surface area contributed by atoms with Gasteiger partial charge in [-0.15, -0.1) is 0 Å². The van der Waals surface area contributed by atoms with Gasteiger partial charge in [-0.25, -0.2) is 9.37 Å². The van der Waals surface area contributed by atoms with E-state index in [4.69, 9.17) is 10.5 Å².